The molecule has 1 aromatic carbocycles. The maximum atomic E-state index is 10.6. The summed E-state index contributed by atoms with van der Waals surface area (Å²) < 4.78 is 4.97. The highest BCUT2D eigenvalue weighted by Gasteiger charge is 2.10. The molecule has 0 atom stereocenters. The Hall–Kier alpha value is -0.940. The largest absolute Gasteiger partial charge is 0.496 e. The van der Waals surface area contributed by atoms with Crippen LogP contribution in [-0.4, -0.2) is 23.7 Å². The molecule has 0 aliphatic heterocycles. The first-order valence-corrected chi connectivity index (χ1v) is 5.71. The molecule has 0 radical (unpaired) electrons. The Morgan fingerprint density at radius 2 is 2.27 bits per heavy atom. The number of benzene rings is 1. The summed E-state index contributed by atoms with van der Waals surface area (Å²) in [5.41, 5.74) is 0.0337. The summed E-state index contributed by atoms with van der Waals surface area (Å²) >= 11 is 7.01. The van der Waals surface area contributed by atoms with E-state index in [-0.39, 0.29) is 5.69 Å². The predicted molar refractivity (Wildman–Crippen MR) is 61.1 cm³/mol. The number of ether oxygens (including phenoxy) is 1. The maximum Gasteiger partial charge on any atom is 0.274 e. The van der Waals surface area contributed by atoms with Crippen LogP contribution >= 0.6 is 23.4 Å². The first kappa shape index (κ1) is 12.1. The second-order valence-electron chi connectivity index (χ2n) is 2.66. The van der Waals surface area contributed by atoms with Crippen LogP contribution in [0.25, 0.3) is 0 Å². The average Bonchev–Trinajstić information content (AvgIpc) is 2.25. The zero-order valence-electron chi connectivity index (χ0n) is 8.10. The van der Waals surface area contributed by atoms with Crippen molar-refractivity contribution >= 4 is 29.1 Å². The third-order valence-corrected chi connectivity index (χ3v) is 3.05. The molecule has 0 aliphatic carbocycles. The number of rotatable bonds is 5. The minimum atomic E-state index is -0.437. The molecule has 15 heavy (non-hydrogen) atoms. The normalized spacial score (nSPS) is 10.0. The van der Waals surface area contributed by atoms with Gasteiger partial charge in [0.2, 0.25) is 0 Å². The zero-order valence-corrected chi connectivity index (χ0v) is 9.68. The second-order valence-corrected chi connectivity index (χ2v) is 4.21. The van der Waals surface area contributed by atoms with Crippen LogP contribution in [0.3, 0.4) is 0 Å². The SMILES string of the molecule is COc1cc(SCCCl)cc([N+](=O)[O-])c1. The maximum absolute atomic E-state index is 10.6. The van der Waals surface area contributed by atoms with E-state index in [4.69, 9.17) is 16.3 Å². The second kappa shape index (κ2) is 5.82. The van der Waals surface area contributed by atoms with Crippen LogP contribution in [0.1, 0.15) is 0 Å². The Labute approximate surface area is 96.7 Å². The van der Waals surface area contributed by atoms with E-state index in [1.165, 1.54) is 31.0 Å². The van der Waals surface area contributed by atoms with Crippen molar-refractivity contribution in [3.05, 3.63) is 28.3 Å². The van der Waals surface area contributed by atoms with Gasteiger partial charge in [0, 0.05) is 22.6 Å². The molecule has 0 amide bonds. The molecule has 0 fully saturated rings. The Bertz CT molecular complexity index is 359. The van der Waals surface area contributed by atoms with Crippen molar-refractivity contribution in [2.45, 2.75) is 4.90 Å². The average molecular weight is 248 g/mol. The summed E-state index contributed by atoms with van der Waals surface area (Å²) in [5.74, 6) is 1.71. The first-order chi connectivity index (χ1) is 7.17. The highest BCUT2D eigenvalue weighted by Crippen LogP contribution is 2.28. The van der Waals surface area contributed by atoms with E-state index in [2.05, 4.69) is 0 Å². The number of hydrogen-bond acceptors (Lipinski definition) is 4. The number of methoxy groups -OCH3 is 1. The van der Waals surface area contributed by atoms with Gasteiger partial charge in [-0.25, -0.2) is 0 Å². The molecule has 1 rings (SSSR count). The van der Waals surface area contributed by atoms with Gasteiger partial charge in [0.05, 0.1) is 18.1 Å². The van der Waals surface area contributed by atoms with Crippen LogP contribution in [0, 0.1) is 10.1 Å². The lowest BCUT2D eigenvalue weighted by molar-refractivity contribution is -0.385. The molecule has 0 bridgehead atoms. The van der Waals surface area contributed by atoms with Gasteiger partial charge in [-0.1, -0.05) is 0 Å². The number of nitro groups is 1. The summed E-state index contributed by atoms with van der Waals surface area (Å²) in [6.07, 6.45) is 0. The van der Waals surface area contributed by atoms with E-state index in [1.807, 2.05) is 0 Å². The fourth-order valence-electron chi connectivity index (χ4n) is 1.02. The van der Waals surface area contributed by atoms with Gasteiger partial charge in [0.25, 0.3) is 5.69 Å². The van der Waals surface area contributed by atoms with Crippen LogP contribution in [0.4, 0.5) is 5.69 Å². The lowest BCUT2D eigenvalue weighted by Crippen LogP contribution is -1.91. The highest BCUT2D eigenvalue weighted by atomic mass is 35.5. The van der Waals surface area contributed by atoms with E-state index in [0.29, 0.717) is 17.4 Å². The van der Waals surface area contributed by atoms with E-state index >= 15 is 0 Å². The van der Waals surface area contributed by atoms with Crippen molar-refractivity contribution in [3.63, 3.8) is 0 Å². The molecule has 0 saturated carbocycles. The molecular weight excluding hydrogens is 238 g/mol. The monoisotopic (exact) mass is 247 g/mol. The molecule has 6 heteroatoms. The molecule has 0 aromatic heterocycles. The van der Waals surface area contributed by atoms with Crippen molar-refractivity contribution in [2.24, 2.45) is 0 Å². The summed E-state index contributed by atoms with van der Waals surface area (Å²) in [6.45, 7) is 0. The molecule has 0 spiro atoms. The number of nitro benzene ring substituents is 1. The molecule has 0 saturated heterocycles. The van der Waals surface area contributed by atoms with Gasteiger partial charge in [-0.3, -0.25) is 10.1 Å². The highest BCUT2D eigenvalue weighted by molar-refractivity contribution is 7.99. The minimum absolute atomic E-state index is 0.0337. The lowest BCUT2D eigenvalue weighted by atomic mass is 10.3. The van der Waals surface area contributed by atoms with Crippen LogP contribution in [0.5, 0.6) is 5.75 Å². The molecule has 0 N–H and O–H groups in total. The van der Waals surface area contributed by atoms with Crippen molar-refractivity contribution < 1.29 is 9.66 Å². The summed E-state index contributed by atoms with van der Waals surface area (Å²) in [4.78, 5) is 11.0. The number of thioether (sulfide) groups is 1. The van der Waals surface area contributed by atoms with Gasteiger partial charge < -0.3 is 4.74 Å². The van der Waals surface area contributed by atoms with Crippen molar-refractivity contribution in [1.29, 1.82) is 0 Å². The lowest BCUT2D eigenvalue weighted by Gasteiger charge is -2.03. The first-order valence-electron chi connectivity index (χ1n) is 4.19. The minimum Gasteiger partial charge on any atom is -0.496 e. The summed E-state index contributed by atoms with van der Waals surface area (Å²) in [6, 6.07) is 4.66. The molecule has 0 heterocycles. The van der Waals surface area contributed by atoms with Crippen LogP contribution in [-0.2, 0) is 0 Å². The van der Waals surface area contributed by atoms with Crippen LogP contribution < -0.4 is 4.74 Å². The van der Waals surface area contributed by atoms with Gasteiger partial charge in [0.15, 0.2) is 0 Å². The number of alkyl halides is 1. The predicted octanol–water partition coefficient (Wildman–Crippen LogP) is 2.93. The number of halogens is 1. The van der Waals surface area contributed by atoms with E-state index in [1.54, 1.807) is 6.07 Å². The Morgan fingerprint density at radius 3 is 2.80 bits per heavy atom. The molecule has 0 aliphatic rings. The number of non-ortho nitro benzene ring substituents is 1. The molecule has 1 aromatic rings. The van der Waals surface area contributed by atoms with Crippen molar-refractivity contribution in [2.75, 3.05) is 18.7 Å². The fraction of sp³-hybridized carbons (Fsp3) is 0.333. The Kier molecular flexibility index (Phi) is 4.71. The quantitative estimate of drug-likeness (QED) is 0.347. The van der Waals surface area contributed by atoms with Gasteiger partial charge in [-0.15, -0.1) is 23.4 Å². The van der Waals surface area contributed by atoms with E-state index in [0.717, 1.165) is 4.90 Å². The Balaban J connectivity index is 2.95. The summed E-state index contributed by atoms with van der Waals surface area (Å²) in [7, 11) is 1.48. The fourth-order valence-corrected chi connectivity index (χ4v) is 1.97. The van der Waals surface area contributed by atoms with Gasteiger partial charge >= 0.3 is 0 Å². The van der Waals surface area contributed by atoms with Crippen molar-refractivity contribution in [3.8, 4) is 5.75 Å². The van der Waals surface area contributed by atoms with E-state index < -0.39 is 4.92 Å². The van der Waals surface area contributed by atoms with Gasteiger partial charge in [-0.05, 0) is 6.07 Å². The topological polar surface area (TPSA) is 52.4 Å². The third-order valence-electron chi connectivity index (χ3n) is 1.66. The Morgan fingerprint density at radius 1 is 1.53 bits per heavy atom. The van der Waals surface area contributed by atoms with Gasteiger partial charge in [0.1, 0.15) is 5.75 Å². The van der Waals surface area contributed by atoms with Crippen LogP contribution in [0.2, 0.25) is 0 Å². The number of hydrogen-bond donors (Lipinski definition) is 0. The summed E-state index contributed by atoms with van der Waals surface area (Å²) in [5, 5.41) is 10.6. The van der Waals surface area contributed by atoms with Crippen molar-refractivity contribution in [1.82, 2.24) is 0 Å². The molecule has 82 valence electrons. The smallest absolute Gasteiger partial charge is 0.274 e. The van der Waals surface area contributed by atoms with Gasteiger partial charge in [-0.2, -0.15) is 0 Å². The number of nitrogens with zero attached hydrogens (tertiary/aromatic N) is 1. The standard InChI is InChI=1S/C9H10ClNO3S/c1-14-8-4-7(11(12)13)5-9(6-8)15-3-2-10/h4-6H,2-3H2,1H3. The van der Waals surface area contributed by atoms with E-state index in [9.17, 15) is 10.1 Å². The molecule has 4 nitrogen and oxygen atoms in total. The molecule has 0 unspecified atom stereocenters. The van der Waals surface area contributed by atoms with Crippen LogP contribution in [0.15, 0.2) is 23.1 Å². The zero-order chi connectivity index (χ0) is 11.3. The molecular formula is C9H10ClNO3S. The third kappa shape index (κ3) is 3.60.